The summed E-state index contributed by atoms with van der Waals surface area (Å²) in [4.78, 5) is 11.2. The number of sulfone groups is 1. The van der Waals surface area contributed by atoms with Crippen LogP contribution in [0.2, 0.25) is 0 Å². The van der Waals surface area contributed by atoms with Gasteiger partial charge in [-0.15, -0.1) is 0 Å². The van der Waals surface area contributed by atoms with E-state index in [1.165, 1.54) is 37.3 Å². The third kappa shape index (κ3) is 5.35. The van der Waals surface area contributed by atoms with Crippen LogP contribution in [-0.2, 0) is 20.0 Å². The number of amides is 2. The van der Waals surface area contributed by atoms with Crippen molar-refractivity contribution in [2.75, 3.05) is 11.1 Å². The summed E-state index contributed by atoms with van der Waals surface area (Å²) in [6, 6.07) is 7.09. The van der Waals surface area contributed by atoms with E-state index in [1.807, 2.05) is 0 Å². The summed E-state index contributed by atoms with van der Waals surface area (Å²) in [6.45, 7) is 1.43. The molecule has 1 aliphatic carbocycles. The predicted octanol–water partition coefficient (Wildman–Crippen LogP) is 3.11. The Balaban J connectivity index is 1.89. The molecule has 2 amide bonds. The summed E-state index contributed by atoms with van der Waals surface area (Å²) >= 11 is 0. The highest BCUT2D eigenvalue weighted by Gasteiger charge is 2.25. The molecule has 31 heavy (non-hydrogen) atoms. The number of nitrogens with one attached hydrogen (secondary N) is 2. The summed E-state index contributed by atoms with van der Waals surface area (Å²) in [6.07, 6.45) is 5.06. The number of nitrogen functional groups attached to an aromatic ring is 1. The van der Waals surface area contributed by atoms with Gasteiger partial charge >= 0.3 is 6.03 Å². The van der Waals surface area contributed by atoms with Crippen molar-refractivity contribution >= 4 is 37.4 Å². The molecule has 9 nitrogen and oxygen atoms in total. The van der Waals surface area contributed by atoms with Crippen LogP contribution in [0.15, 0.2) is 51.1 Å². The number of hydrogen-bond acceptors (Lipinski definition) is 6. The molecule has 168 valence electrons. The lowest BCUT2D eigenvalue weighted by Gasteiger charge is -2.23. The first-order valence-corrected chi connectivity index (χ1v) is 12.7. The maximum Gasteiger partial charge on any atom is 0.319 e. The first kappa shape index (κ1) is 23.0. The number of anilines is 2. The molecule has 0 saturated heterocycles. The van der Waals surface area contributed by atoms with Crippen LogP contribution in [0.3, 0.4) is 0 Å². The Morgan fingerprint density at radius 3 is 2.32 bits per heavy atom. The van der Waals surface area contributed by atoms with Crippen molar-refractivity contribution in [2.24, 2.45) is 0 Å². The van der Waals surface area contributed by atoms with E-state index >= 15 is 0 Å². The molecule has 1 fully saturated rings. The fourth-order valence-corrected chi connectivity index (χ4v) is 5.86. The van der Waals surface area contributed by atoms with Crippen molar-refractivity contribution < 1.29 is 26.2 Å². The monoisotopic (exact) mass is 467 g/mol. The molecule has 0 atom stereocenters. The maximum absolute atomic E-state index is 13.1. The third-order valence-electron chi connectivity index (χ3n) is 5.25. The number of aryl methyl sites for hydroxylation is 1. The summed E-state index contributed by atoms with van der Waals surface area (Å²) in [7, 11) is -8.83. The minimum absolute atomic E-state index is 0.0628. The van der Waals surface area contributed by atoms with E-state index < -0.39 is 30.9 Å². The van der Waals surface area contributed by atoms with Crippen molar-refractivity contribution in [1.82, 2.24) is 5.32 Å². The largest absolute Gasteiger partial charge is 0.398 e. The topological polar surface area (TPSA) is 156 Å². The second-order valence-corrected chi connectivity index (χ2v) is 10.9. The normalized spacial score (nSPS) is 15.4. The van der Waals surface area contributed by atoms with Gasteiger partial charge < -0.3 is 16.4 Å². The van der Waals surface area contributed by atoms with Crippen LogP contribution >= 0.6 is 0 Å². The van der Waals surface area contributed by atoms with E-state index in [0.29, 0.717) is 0 Å². The van der Waals surface area contributed by atoms with Crippen molar-refractivity contribution in [3.8, 4) is 0 Å². The molecule has 0 unspecified atom stereocenters. The molecule has 1 aliphatic rings. The lowest BCUT2D eigenvalue weighted by atomic mass is 9.96. The van der Waals surface area contributed by atoms with E-state index in [-0.39, 0.29) is 32.8 Å². The van der Waals surface area contributed by atoms with E-state index in [2.05, 4.69) is 10.6 Å². The molecule has 2 aromatic carbocycles. The zero-order chi connectivity index (χ0) is 22.8. The number of hydrogen-bond donors (Lipinski definition) is 4. The Morgan fingerprint density at radius 2 is 1.68 bits per heavy atom. The Bertz CT molecular complexity index is 1200. The van der Waals surface area contributed by atoms with Gasteiger partial charge in [0.1, 0.15) is 0 Å². The van der Waals surface area contributed by atoms with Gasteiger partial charge in [-0.25, -0.2) is 13.2 Å². The van der Waals surface area contributed by atoms with E-state index in [9.17, 15) is 26.2 Å². The highest BCUT2D eigenvalue weighted by molar-refractivity contribution is 7.91. The van der Waals surface area contributed by atoms with Gasteiger partial charge in [0.2, 0.25) is 9.84 Å². The summed E-state index contributed by atoms with van der Waals surface area (Å²) in [5.74, 6) is 0. The van der Waals surface area contributed by atoms with Crippen molar-refractivity contribution in [1.29, 1.82) is 0 Å². The Hall–Kier alpha value is -2.63. The average molecular weight is 468 g/mol. The van der Waals surface area contributed by atoms with Crippen LogP contribution < -0.4 is 16.4 Å². The molecule has 0 bridgehead atoms. The minimum atomic E-state index is -4.61. The molecule has 0 radical (unpaired) electrons. The number of urea groups is 1. The molecule has 11 heteroatoms. The molecular weight excluding hydrogens is 442 g/mol. The standard InChI is InChI=1S/C20H25N3O6S2/c1-13-7-9-16(12-18(13)31(27,28)29)30(25,26)19-11-15(8-10-17(19)21)23-20(24)22-14-5-3-2-4-6-14/h7-12,14H,2-6,21H2,1H3,(H2,22,23,24)(H,27,28,29). The Kier molecular flexibility index (Phi) is 6.58. The summed E-state index contributed by atoms with van der Waals surface area (Å²) < 4.78 is 58.7. The summed E-state index contributed by atoms with van der Waals surface area (Å²) in [5.41, 5.74) is 6.23. The molecule has 0 heterocycles. The highest BCUT2D eigenvalue weighted by Crippen LogP contribution is 2.30. The first-order chi connectivity index (χ1) is 14.5. The van der Waals surface area contributed by atoms with Gasteiger partial charge in [-0.1, -0.05) is 25.3 Å². The Morgan fingerprint density at radius 1 is 1.00 bits per heavy atom. The van der Waals surface area contributed by atoms with Gasteiger partial charge in [0.15, 0.2) is 0 Å². The van der Waals surface area contributed by atoms with Crippen LogP contribution in [0, 0.1) is 6.92 Å². The second-order valence-electron chi connectivity index (χ2n) is 7.59. The molecular formula is C20H25N3O6S2. The average Bonchev–Trinajstić information content (AvgIpc) is 2.69. The van der Waals surface area contributed by atoms with E-state index in [0.717, 1.165) is 38.2 Å². The number of carbonyl (C=O) groups excluding carboxylic acids is 1. The zero-order valence-electron chi connectivity index (χ0n) is 17.0. The number of nitrogens with two attached hydrogens (primary N) is 1. The predicted molar refractivity (Wildman–Crippen MR) is 116 cm³/mol. The quantitative estimate of drug-likeness (QED) is 0.389. The van der Waals surface area contributed by atoms with E-state index in [1.54, 1.807) is 0 Å². The number of benzene rings is 2. The molecule has 0 aromatic heterocycles. The van der Waals surface area contributed by atoms with Crippen molar-refractivity contribution in [3.63, 3.8) is 0 Å². The van der Waals surface area contributed by atoms with Gasteiger partial charge in [-0.05, 0) is 55.7 Å². The highest BCUT2D eigenvalue weighted by atomic mass is 32.2. The van der Waals surface area contributed by atoms with Gasteiger partial charge in [0.05, 0.1) is 20.4 Å². The zero-order valence-corrected chi connectivity index (χ0v) is 18.6. The first-order valence-electron chi connectivity index (χ1n) is 9.79. The van der Waals surface area contributed by atoms with Crippen molar-refractivity contribution in [2.45, 2.75) is 59.8 Å². The third-order valence-corrected chi connectivity index (χ3v) is 8.05. The summed E-state index contributed by atoms with van der Waals surface area (Å²) in [5, 5.41) is 5.50. The molecule has 2 aromatic rings. The molecule has 1 saturated carbocycles. The van der Waals surface area contributed by atoms with Gasteiger partial charge in [0, 0.05) is 11.7 Å². The molecule has 3 rings (SSSR count). The van der Waals surface area contributed by atoms with Crippen LogP contribution in [0.25, 0.3) is 0 Å². The van der Waals surface area contributed by atoms with Gasteiger partial charge in [-0.3, -0.25) is 4.55 Å². The van der Waals surface area contributed by atoms with Crippen LogP contribution in [0.5, 0.6) is 0 Å². The number of carbonyl (C=O) groups is 1. The smallest absolute Gasteiger partial charge is 0.319 e. The SMILES string of the molecule is Cc1ccc(S(=O)(=O)c2cc(NC(=O)NC3CCCCC3)ccc2N)cc1S(=O)(=O)O. The van der Waals surface area contributed by atoms with Crippen LogP contribution in [0.4, 0.5) is 16.2 Å². The second kappa shape index (κ2) is 8.85. The fourth-order valence-electron chi connectivity index (χ4n) is 3.60. The van der Waals surface area contributed by atoms with Crippen LogP contribution in [-0.4, -0.2) is 33.5 Å². The fraction of sp³-hybridized carbons (Fsp3) is 0.350. The maximum atomic E-state index is 13.1. The van der Waals surface area contributed by atoms with Gasteiger partial charge in [0.25, 0.3) is 10.1 Å². The van der Waals surface area contributed by atoms with Gasteiger partial charge in [-0.2, -0.15) is 8.42 Å². The molecule has 0 spiro atoms. The lowest BCUT2D eigenvalue weighted by molar-refractivity contribution is 0.244. The van der Waals surface area contributed by atoms with Crippen molar-refractivity contribution in [3.05, 3.63) is 42.0 Å². The van der Waals surface area contributed by atoms with Crippen LogP contribution in [0.1, 0.15) is 37.7 Å². The Labute approximate surface area is 181 Å². The molecule has 5 N–H and O–H groups in total. The number of rotatable bonds is 5. The lowest BCUT2D eigenvalue weighted by Crippen LogP contribution is -2.39. The minimum Gasteiger partial charge on any atom is -0.398 e. The van der Waals surface area contributed by atoms with E-state index in [4.69, 9.17) is 5.73 Å². The molecule has 0 aliphatic heterocycles.